The van der Waals surface area contributed by atoms with Crippen LogP contribution in [0.4, 0.5) is 5.69 Å². The fourth-order valence-corrected chi connectivity index (χ4v) is 4.11. The van der Waals surface area contributed by atoms with Crippen LogP contribution in [0, 0.1) is 0 Å². The lowest BCUT2D eigenvalue weighted by atomic mass is 10.0. The van der Waals surface area contributed by atoms with Crippen LogP contribution in [0.15, 0.2) is 18.2 Å². The summed E-state index contributed by atoms with van der Waals surface area (Å²) in [6.45, 7) is 5.97. The van der Waals surface area contributed by atoms with E-state index < -0.39 is 0 Å². The predicted molar refractivity (Wildman–Crippen MR) is 85.5 cm³/mol. The molecule has 0 aliphatic carbocycles. The molecular formula is C15H20BrClN2. The topological polar surface area (TPSA) is 6.48 Å². The second kappa shape index (κ2) is 5.63. The number of hydrogen-bond donors (Lipinski definition) is 0. The third-order valence-electron chi connectivity index (χ3n) is 4.43. The van der Waals surface area contributed by atoms with Crippen LogP contribution < -0.4 is 4.90 Å². The van der Waals surface area contributed by atoms with Gasteiger partial charge in [-0.3, -0.25) is 4.90 Å². The summed E-state index contributed by atoms with van der Waals surface area (Å²) in [5.41, 5.74) is 2.64. The Balaban J connectivity index is 1.88. The van der Waals surface area contributed by atoms with Gasteiger partial charge in [0.1, 0.15) is 0 Å². The fourth-order valence-electron chi connectivity index (χ4n) is 3.46. The van der Waals surface area contributed by atoms with E-state index in [9.17, 15) is 0 Å². The number of hydrogen-bond acceptors (Lipinski definition) is 2. The number of anilines is 1. The van der Waals surface area contributed by atoms with Gasteiger partial charge in [-0.1, -0.05) is 27.5 Å². The first-order valence-electron chi connectivity index (χ1n) is 7.04. The molecule has 0 amide bonds. The van der Waals surface area contributed by atoms with Crippen LogP contribution in [-0.2, 0) is 5.33 Å². The number of nitrogens with zero attached hydrogens (tertiary/aromatic N) is 2. The van der Waals surface area contributed by atoms with E-state index in [1.54, 1.807) is 0 Å². The fraction of sp³-hybridized carbons (Fsp3) is 0.600. The summed E-state index contributed by atoms with van der Waals surface area (Å²) in [4.78, 5) is 5.23. The molecule has 4 heteroatoms. The van der Waals surface area contributed by atoms with Gasteiger partial charge < -0.3 is 4.90 Å². The molecule has 104 valence electrons. The van der Waals surface area contributed by atoms with Crippen LogP contribution in [0.1, 0.15) is 25.3 Å². The van der Waals surface area contributed by atoms with E-state index in [2.05, 4.69) is 44.8 Å². The van der Waals surface area contributed by atoms with Crippen LogP contribution >= 0.6 is 27.5 Å². The normalized spacial score (nSPS) is 27.6. The van der Waals surface area contributed by atoms with Crippen molar-refractivity contribution in [1.82, 2.24) is 4.90 Å². The molecule has 0 radical (unpaired) electrons. The summed E-state index contributed by atoms with van der Waals surface area (Å²) in [7, 11) is 0. The number of rotatable bonds is 2. The van der Waals surface area contributed by atoms with Crippen LogP contribution in [0.3, 0.4) is 0 Å². The van der Waals surface area contributed by atoms with Crippen molar-refractivity contribution in [2.45, 2.75) is 37.2 Å². The number of benzene rings is 1. The molecule has 0 aromatic heterocycles. The SMILES string of the molecule is CC1CN2CCCC2CN1c1ccc(Cl)cc1CBr. The molecule has 0 saturated carbocycles. The minimum Gasteiger partial charge on any atom is -0.366 e. The zero-order valence-electron chi connectivity index (χ0n) is 11.3. The lowest BCUT2D eigenvalue weighted by molar-refractivity contribution is 0.203. The smallest absolute Gasteiger partial charge is 0.0411 e. The van der Waals surface area contributed by atoms with E-state index in [4.69, 9.17) is 11.6 Å². The Labute approximate surface area is 128 Å². The van der Waals surface area contributed by atoms with E-state index >= 15 is 0 Å². The van der Waals surface area contributed by atoms with Crippen molar-refractivity contribution in [3.8, 4) is 0 Å². The molecule has 2 heterocycles. The Bertz CT molecular complexity index is 465. The Morgan fingerprint density at radius 3 is 3.00 bits per heavy atom. The van der Waals surface area contributed by atoms with Gasteiger partial charge in [-0.15, -0.1) is 0 Å². The highest BCUT2D eigenvalue weighted by atomic mass is 79.9. The monoisotopic (exact) mass is 342 g/mol. The Morgan fingerprint density at radius 2 is 2.21 bits per heavy atom. The first-order chi connectivity index (χ1) is 9.19. The number of piperazine rings is 1. The van der Waals surface area contributed by atoms with Gasteiger partial charge in [0.2, 0.25) is 0 Å². The standard InChI is InChI=1S/C15H20BrClN2/c1-11-9-18-6-2-3-14(18)10-19(11)15-5-4-13(17)7-12(15)8-16/h4-5,7,11,14H,2-3,6,8-10H2,1H3. The van der Waals surface area contributed by atoms with Crippen molar-refractivity contribution < 1.29 is 0 Å². The second-order valence-electron chi connectivity index (χ2n) is 5.70. The second-order valence-corrected chi connectivity index (χ2v) is 6.70. The van der Waals surface area contributed by atoms with Crippen LogP contribution in [0.25, 0.3) is 0 Å². The van der Waals surface area contributed by atoms with Crippen molar-refractivity contribution in [3.05, 3.63) is 28.8 Å². The van der Waals surface area contributed by atoms with E-state index in [-0.39, 0.29) is 0 Å². The first kappa shape index (κ1) is 13.7. The maximum atomic E-state index is 6.11. The van der Waals surface area contributed by atoms with Gasteiger partial charge in [0.05, 0.1) is 0 Å². The van der Waals surface area contributed by atoms with E-state index in [1.165, 1.54) is 37.2 Å². The summed E-state index contributed by atoms with van der Waals surface area (Å²) in [6, 6.07) is 7.60. The molecule has 2 aliphatic rings. The van der Waals surface area contributed by atoms with Crippen LogP contribution in [0.2, 0.25) is 5.02 Å². The molecule has 0 bridgehead atoms. The molecule has 2 atom stereocenters. The summed E-state index contributed by atoms with van der Waals surface area (Å²) < 4.78 is 0. The molecule has 3 rings (SSSR count). The molecule has 19 heavy (non-hydrogen) atoms. The van der Waals surface area contributed by atoms with Crippen LogP contribution in [0.5, 0.6) is 0 Å². The largest absolute Gasteiger partial charge is 0.366 e. The van der Waals surface area contributed by atoms with Gasteiger partial charge in [0.15, 0.2) is 0 Å². The predicted octanol–water partition coefficient (Wildman–Crippen LogP) is 3.91. The van der Waals surface area contributed by atoms with Crippen molar-refractivity contribution in [3.63, 3.8) is 0 Å². The Kier molecular flexibility index (Phi) is 4.06. The minimum atomic E-state index is 0.577. The lowest BCUT2D eigenvalue weighted by Crippen LogP contribution is -2.55. The molecule has 2 aliphatic heterocycles. The molecule has 1 aromatic carbocycles. The molecule has 2 fully saturated rings. The van der Waals surface area contributed by atoms with E-state index in [0.717, 1.165) is 22.9 Å². The number of halogens is 2. The van der Waals surface area contributed by atoms with Gasteiger partial charge in [-0.25, -0.2) is 0 Å². The van der Waals surface area contributed by atoms with Crippen molar-refractivity contribution >= 4 is 33.2 Å². The van der Waals surface area contributed by atoms with Crippen molar-refractivity contribution in [2.75, 3.05) is 24.5 Å². The lowest BCUT2D eigenvalue weighted by Gasteiger charge is -2.44. The van der Waals surface area contributed by atoms with Gasteiger partial charge in [-0.05, 0) is 50.1 Å². The highest BCUT2D eigenvalue weighted by Gasteiger charge is 2.34. The minimum absolute atomic E-state index is 0.577. The molecule has 0 N–H and O–H groups in total. The summed E-state index contributed by atoms with van der Waals surface area (Å²) in [6.07, 6.45) is 2.71. The number of alkyl halides is 1. The maximum absolute atomic E-state index is 6.11. The van der Waals surface area contributed by atoms with Crippen molar-refractivity contribution in [1.29, 1.82) is 0 Å². The molecular weight excluding hydrogens is 324 g/mol. The Hall–Kier alpha value is -0.250. The third kappa shape index (κ3) is 2.65. The van der Waals surface area contributed by atoms with Crippen molar-refractivity contribution in [2.24, 2.45) is 0 Å². The van der Waals surface area contributed by atoms with Gasteiger partial charge >= 0.3 is 0 Å². The molecule has 0 spiro atoms. The molecule has 2 saturated heterocycles. The average Bonchev–Trinajstić information content (AvgIpc) is 2.85. The quantitative estimate of drug-likeness (QED) is 0.751. The average molecular weight is 344 g/mol. The molecule has 2 unspecified atom stereocenters. The highest BCUT2D eigenvalue weighted by molar-refractivity contribution is 9.08. The summed E-state index contributed by atoms with van der Waals surface area (Å²) in [5.74, 6) is 0. The van der Waals surface area contributed by atoms with Crippen LogP contribution in [-0.4, -0.2) is 36.6 Å². The van der Waals surface area contributed by atoms with E-state index in [1.807, 2.05) is 6.07 Å². The summed E-state index contributed by atoms with van der Waals surface area (Å²) in [5, 5.41) is 1.69. The number of fused-ring (bicyclic) bond motifs is 1. The van der Waals surface area contributed by atoms with Gasteiger partial charge in [0.25, 0.3) is 0 Å². The van der Waals surface area contributed by atoms with Gasteiger partial charge in [0, 0.05) is 41.2 Å². The zero-order valence-corrected chi connectivity index (χ0v) is 13.6. The highest BCUT2D eigenvalue weighted by Crippen LogP contribution is 2.32. The maximum Gasteiger partial charge on any atom is 0.0411 e. The molecule has 1 aromatic rings. The van der Waals surface area contributed by atoms with E-state index in [0.29, 0.717) is 6.04 Å². The zero-order chi connectivity index (χ0) is 13.4. The summed E-state index contributed by atoms with van der Waals surface area (Å²) >= 11 is 9.70. The first-order valence-corrected chi connectivity index (χ1v) is 8.54. The van der Waals surface area contributed by atoms with Gasteiger partial charge in [-0.2, -0.15) is 0 Å². The molecule has 2 nitrogen and oxygen atoms in total. The third-order valence-corrected chi connectivity index (χ3v) is 5.27. The Morgan fingerprint density at radius 1 is 1.37 bits per heavy atom.